The number of esters is 1. The first-order valence-electron chi connectivity index (χ1n) is 5.20. The Morgan fingerprint density at radius 1 is 1.18 bits per heavy atom. The van der Waals surface area contributed by atoms with Crippen molar-refractivity contribution in [1.29, 1.82) is 0 Å². The van der Waals surface area contributed by atoms with Gasteiger partial charge in [0.05, 0.1) is 19.7 Å². The third-order valence-corrected chi connectivity index (χ3v) is 2.68. The summed E-state index contributed by atoms with van der Waals surface area (Å²) in [5.74, 6) is 0.320. The van der Waals surface area contributed by atoms with E-state index < -0.39 is 5.97 Å². The van der Waals surface area contributed by atoms with Crippen LogP contribution in [0, 0.1) is 6.92 Å². The number of rotatable bonds is 2. The van der Waals surface area contributed by atoms with E-state index in [4.69, 9.17) is 4.74 Å². The van der Waals surface area contributed by atoms with Crippen molar-refractivity contribution in [2.75, 3.05) is 14.2 Å². The van der Waals surface area contributed by atoms with Crippen LogP contribution in [-0.4, -0.2) is 25.2 Å². The van der Waals surface area contributed by atoms with Crippen LogP contribution < -0.4 is 4.74 Å². The molecule has 0 aliphatic carbocycles. The molecule has 0 radical (unpaired) electrons. The van der Waals surface area contributed by atoms with Crippen molar-refractivity contribution in [1.82, 2.24) is 4.98 Å². The summed E-state index contributed by atoms with van der Waals surface area (Å²) >= 11 is 0. The Balaban J connectivity index is 2.66. The number of aromatic nitrogens is 1. The highest BCUT2D eigenvalue weighted by molar-refractivity contribution is 5.92. The molecule has 1 heterocycles. The number of carbonyl (C=O) groups is 1. The van der Waals surface area contributed by atoms with Crippen LogP contribution in [0.1, 0.15) is 16.1 Å². The van der Waals surface area contributed by atoms with E-state index in [1.807, 2.05) is 25.1 Å². The van der Waals surface area contributed by atoms with Crippen LogP contribution in [0.4, 0.5) is 0 Å². The highest BCUT2D eigenvalue weighted by Crippen LogP contribution is 2.25. The predicted molar refractivity (Wildman–Crippen MR) is 64.4 cm³/mol. The molecular weight excluding hydrogens is 218 g/mol. The molecule has 0 aliphatic heterocycles. The Morgan fingerprint density at radius 3 is 2.53 bits per heavy atom. The zero-order chi connectivity index (χ0) is 12.4. The van der Waals surface area contributed by atoms with Crippen LogP contribution >= 0.6 is 0 Å². The van der Waals surface area contributed by atoms with Crippen molar-refractivity contribution in [2.24, 2.45) is 0 Å². The van der Waals surface area contributed by atoms with E-state index in [1.54, 1.807) is 13.2 Å². The Bertz CT molecular complexity index is 578. The summed E-state index contributed by atoms with van der Waals surface area (Å²) in [7, 11) is 2.95. The number of hydrogen-bond acceptors (Lipinski definition) is 4. The van der Waals surface area contributed by atoms with E-state index in [-0.39, 0.29) is 0 Å². The SMILES string of the molecule is COC(=O)c1ccc2ccc(OC)c(C)c2n1. The second kappa shape index (κ2) is 4.41. The van der Waals surface area contributed by atoms with Gasteiger partial charge in [-0.15, -0.1) is 0 Å². The maximum Gasteiger partial charge on any atom is 0.356 e. The first kappa shape index (κ1) is 11.4. The van der Waals surface area contributed by atoms with Crippen LogP contribution in [0.15, 0.2) is 24.3 Å². The Labute approximate surface area is 99.2 Å². The molecule has 0 saturated heterocycles. The van der Waals surface area contributed by atoms with Crippen molar-refractivity contribution < 1.29 is 14.3 Å². The summed E-state index contributed by atoms with van der Waals surface area (Å²) in [4.78, 5) is 15.7. The summed E-state index contributed by atoms with van der Waals surface area (Å²) in [5.41, 5.74) is 1.97. The number of benzene rings is 1. The zero-order valence-electron chi connectivity index (χ0n) is 9.98. The van der Waals surface area contributed by atoms with Crippen molar-refractivity contribution in [3.8, 4) is 5.75 Å². The highest BCUT2D eigenvalue weighted by Gasteiger charge is 2.10. The van der Waals surface area contributed by atoms with Gasteiger partial charge in [-0.1, -0.05) is 6.07 Å². The molecule has 0 saturated carbocycles. The van der Waals surface area contributed by atoms with E-state index in [1.165, 1.54) is 7.11 Å². The van der Waals surface area contributed by atoms with Gasteiger partial charge in [0.1, 0.15) is 11.4 Å². The molecule has 2 rings (SSSR count). The topological polar surface area (TPSA) is 48.4 Å². The first-order chi connectivity index (χ1) is 8.17. The van der Waals surface area contributed by atoms with E-state index in [0.717, 1.165) is 22.2 Å². The Hall–Kier alpha value is -2.10. The van der Waals surface area contributed by atoms with Gasteiger partial charge in [0.2, 0.25) is 0 Å². The van der Waals surface area contributed by atoms with Crippen LogP contribution in [-0.2, 0) is 4.74 Å². The van der Waals surface area contributed by atoms with Crippen LogP contribution in [0.25, 0.3) is 10.9 Å². The molecule has 4 heteroatoms. The van der Waals surface area contributed by atoms with Crippen molar-refractivity contribution in [3.05, 3.63) is 35.5 Å². The number of ether oxygens (including phenoxy) is 2. The largest absolute Gasteiger partial charge is 0.496 e. The zero-order valence-corrected chi connectivity index (χ0v) is 9.98. The summed E-state index contributed by atoms with van der Waals surface area (Å²) in [6, 6.07) is 7.30. The number of fused-ring (bicyclic) bond motifs is 1. The average molecular weight is 231 g/mol. The molecule has 2 aromatic rings. The quantitative estimate of drug-likeness (QED) is 0.744. The predicted octanol–water partition coefficient (Wildman–Crippen LogP) is 2.34. The van der Waals surface area contributed by atoms with E-state index >= 15 is 0 Å². The fraction of sp³-hybridized carbons (Fsp3) is 0.231. The molecule has 0 bridgehead atoms. The number of aryl methyl sites for hydroxylation is 1. The molecule has 4 nitrogen and oxygen atoms in total. The van der Waals surface area contributed by atoms with Gasteiger partial charge in [-0.2, -0.15) is 0 Å². The lowest BCUT2D eigenvalue weighted by Crippen LogP contribution is -2.04. The number of methoxy groups -OCH3 is 2. The van der Waals surface area contributed by atoms with Gasteiger partial charge >= 0.3 is 5.97 Å². The summed E-state index contributed by atoms with van der Waals surface area (Å²) in [6.45, 7) is 1.91. The Morgan fingerprint density at radius 2 is 1.88 bits per heavy atom. The Kier molecular flexibility index (Phi) is 2.95. The van der Waals surface area contributed by atoms with E-state index in [0.29, 0.717) is 5.69 Å². The van der Waals surface area contributed by atoms with Crippen molar-refractivity contribution in [3.63, 3.8) is 0 Å². The molecule has 0 spiro atoms. The smallest absolute Gasteiger partial charge is 0.356 e. The van der Waals surface area contributed by atoms with Gasteiger partial charge < -0.3 is 9.47 Å². The molecule has 1 aromatic heterocycles. The van der Waals surface area contributed by atoms with Gasteiger partial charge in [-0.25, -0.2) is 9.78 Å². The minimum absolute atomic E-state index is 0.302. The third-order valence-electron chi connectivity index (χ3n) is 2.68. The summed E-state index contributed by atoms with van der Waals surface area (Å²) < 4.78 is 9.87. The summed E-state index contributed by atoms with van der Waals surface area (Å²) in [5, 5.41) is 0.968. The molecule has 0 amide bonds. The standard InChI is InChI=1S/C13H13NO3/c1-8-11(16-2)7-5-9-4-6-10(13(15)17-3)14-12(8)9/h4-7H,1-3H3. The van der Waals surface area contributed by atoms with Crippen molar-refractivity contribution in [2.45, 2.75) is 6.92 Å². The molecule has 0 unspecified atom stereocenters. The highest BCUT2D eigenvalue weighted by atomic mass is 16.5. The maximum absolute atomic E-state index is 11.4. The molecule has 1 aromatic carbocycles. The maximum atomic E-state index is 11.4. The molecule has 88 valence electrons. The minimum atomic E-state index is -0.436. The van der Waals surface area contributed by atoms with Gasteiger partial charge in [0.25, 0.3) is 0 Å². The van der Waals surface area contributed by atoms with Gasteiger partial charge in [-0.3, -0.25) is 0 Å². The molecular formula is C13H13NO3. The molecule has 0 fully saturated rings. The first-order valence-corrected chi connectivity index (χ1v) is 5.20. The fourth-order valence-corrected chi connectivity index (χ4v) is 1.75. The monoisotopic (exact) mass is 231 g/mol. The molecule has 17 heavy (non-hydrogen) atoms. The van der Waals surface area contributed by atoms with E-state index in [2.05, 4.69) is 9.72 Å². The van der Waals surface area contributed by atoms with Gasteiger partial charge in [0.15, 0.2) is 0 Å². The lowest BCUT2D eigenvalue weighted by Gasteiger charge is -2.08. The second-order valence-electron chi connectivity index (χ2n) is 3.65. The fourth-order valence-electron chi connectivity index (χ4n) is 1.75. The van der Waals surface area contributed by atoms with Gasteiger partial charge in [0, 0.05) is 10.9 Å². The van der Waals surface area contributed by atoms with E-state index in [9.17, 15) is 4.79 Å². The summed E-state index contributed by atoms with van der Waals surface area (Å²) in [6.07, 6.45) is 0. The minimum Gasteiger partial charge on any atom is -0.496 e. The molecule has 0 aliphatic rings. The number of carbonyl (C=O) groups excluding carboxylic acids is 1. The number of pyridine rings is 1. The van der Waals surface area contributed by atoms with Crippen molar-refractivity contribution >= 4 is 16.9 Å². The molecule has 0 atom stereocenters. The third kappa shape index (κ3) is 1.93. The van der Waals surface area contributed by atoms with Gasteiger partial charge in [-0.05, 0) is 25.1 Å². The van der Waals surface area contributed by atoms with Crippen LogP contribution in [0.2, 0.25) is 0 Å². The van der Waals surface area contributed by atoms with Crippen LogP contribution in [0.3, 0.4) is 0 Å². The lowest BCUT2D eigenvalue weighted by atomic mass is 10.1. The van der Waals surface area contributed by atoms with Crippen LogP contribution in [0.5, 0.6) is 5.75 Å². The average Bonchev–Trinajstić information content (AvgIpc) is 2.38. The number of nitrogens with zero attached hydrogens (tertiary/aromatic N) is 1. The lowest BCUT2D eigenvalue weighted by molar-refractivity contribution is 0.0594. The number of hydrogen-bond donors (Lipinski definition) is 0. The molecule has 0 N–H and O–H groups in total. The normalized spacial score (nSPS) is 10.3. The second-order valence-corrected chi connectivity index (χ2v) is 3.65.